The Balaban J connectivity index is 2.06. The first-order chi connectivity index (χ1) is 9.61. The van der Waals surface area contributed by atoms with Crippen molar-refractivity contribution in [3.8, 4) is 0 Å². The van der Waals surface area contributed by atoms with Crippen LogP contribution in [-0.4, -0.2) is 13.1 Å². The number of nitrogens with zero attached hydrogens (tertiary/aromatic N) is 1. The second-order valence-electron chi connectivity index (χ2n) is 6.07. The highest BCUT2D eigenvalue weighted by molar-refractivity contribution is 9.10. The van der Waals surface area contributed by atoms with Crippen LogP contribution in [0.4, 0.5) is 5.69 Å². The highest BCUT2D eigenvalue weighted by atomic mass is 79.9. The first-order valence-corrected chi connectivity index (χ1v) is 8.71. The fourth-order valence-corrected chi connectivity index (χ4v) is 3.93. The van der Waals surface area contributed by atoms with Crippen LogP contribution in [0, 0.1) is 5.92 Å². The molecule has 1 aromatic carbocycles. The normalized spacial score (nSPS) is 21.6. The van der Waals surface area contributed by atoms with E-state index in [4.69, 9.17) is 5.73 Å². The Morgan fingerprint density at radius 1 is 1.35 bits per heavy atom. The van der Waals surface area contributed by atoms with Gasteiger partial charge in [-0.1, -0.05) is 41.8 Å². The summed E-state index contributed by atoms with van der Waals surface area (Å²) in [6, 6.07) is 6.71. The Morgan fingerprint density at radius 2 is 2.15 bits per heavy atom. The van der Waals surface area contributed by atoms with E-state index in [1.165, 1.54) is 56.4 Å². The fraction of sp³-hybridized carbons (Fsp3) is 0.647. The largest absolute Gasteiger partial charge is 0.371 e. The molecular formula is C17H27BrN2. The van der Waals surface area contributed by atoms with Gasteiger partial charge >= 0.3 is 0 Å². The lowest BCUT2D eigenvalue weighted by Gasteiger charge is -2.24. The van der Waals surface area contributed by atoms with Gasteiger partial charge in [0.25, 0.3) is 0 Å². The van der Waals surface area contributed by atoms with Gasteiger partial charge in [-0.3, -0.25) is 0 Å². The van der Waals surface area contributed by atoms with Crippen molar-refractivity contribution < 1.29 is 0 Å². The van der Waals surface area contributed by atoms with Gasteiger partial charge in [0.15, 0.2) is 0 Å². The first-order valence-electron chi connectivity index (χ1n) is 7.91. The summed E-state index contributed by atoms with van der Waals surface area (Å²) in [7, 11) is 0. The summed E-state index contributed by atoms with van der Waals surface area (Å²) in [6.45, 7) is 6.70. The van der Waals surface area contributed by atoms with Gasteiger partial charge in [-0.2, -0.15) is 0 Å². The average molecular weight is 339 g/mol. The molecule has 3 heteroatoms. The molecule has 2 nitrogen and oxygen atoms in total. The Kier molecular flexibility index (Phi) is 5.91. The highest BCUT2D eigenvalue weighted by Gasteiger charge is 2.17. The SMILES string of the molecule is CCCC1CCCN(c2ccc([C@H](C)N)c(Br)c2)CC1. The number of halogens is 1. The van der Waals surface area contributed by atoms with Crippen molar-refractivity contribution in [3.05, 3.63) is 28.2 Å². The minimum Gasteiger partial charge on any atom is -0.371 e. The molecule has 2 rings (SSSR count). The van der Waals surface area contributed by atoms with Crippen LogP contribution >= 0.6 is 15.9 Å². The Bertz CT molecular complexity index is 431. The van der Waals surface area contributed by atoms with Crippen LogP contribution in [0.5, 0.6) is 0 Å². The van der Waals surface area contributed by atoms with Gasteiger partial charge in [0.05, 0.1) is 0 Å². The van der Waals surface area contributed by atoms with E-state index in [9.17, 15) is 0 Å². The molecule has 0 aromatic heterocycles. The Hall–Kier alpha value is -0.540. The molecule has 1 aliphatic rings. The molecule has 1 saturated heterocycles. The summed E-state index contributed by atoms with van der Waals surface area (Å²) in [4.78, 5) is 2.53. The molecule has 20 heavy (non-hydrogen) atoms. The predicted octanol–water partition coefficient (Wildman–Crippen LogP) is 4.88. The number of rotatable bonds is 4. The zero-order valence-electron chi connectivity index (χ0n) is 12.7. The van der Waals surface area contributed by atoms with E-state index in [0.717, 1.165) is 10.4 Å². The van der Waals surface area contributed by atoms with Crippen molar-refractivity contribution in [2.75, 3.05) is 18.0 Å². The number of anilines is 1. The molecule has 2 atom stereocenters. The van der Waals surface area contributed by atoms with E-state index in [2.05, 4.69) is 46.0 Å². The van der Waals surface area contributed by atoms with E-state index in [1.807, 2.05) is 6.92 Å². The summed E-state index contributed by atoms with van der Waals surface area (Å²) < 4.78 is 1.14. The van der Waals surface area contributed by atoms with E-state index in [-0.39, 0.29) is 6.04 Å². The maximum absolute atomic E-state index is 5.98. The van der Waals surface area contributed by atoms with Gasteiger partial charge in [0.2, 0.25) is 0 Å². The van der Waals surface area contributed by atoms with E-state index >= 15 is 0 Å². The van der Waals surface area contributed by atoms with Crippen molar-refractivity contribution in [3.63, 3.8) is 0 Å². The van der Waals surface area contributed by atoms with Crippen LogP contribution in [0.25, 0.3) is 0 Å². The fourth-order valence-electron chi connectivity index (χ4n) is 3.20. The topological polar surface area (TPSA) is 29.3 Å². The van der Waals surface area contributed by atoms with Crippen LogP contribution in [0.15, 0.2) is 22.7 Å². The van der Waals surface area contributed by atoms with Crippen molar-refractivity contribution in [2.24, 2.45) is 11.7 Å². The molecule has 0 spiro atoms. The zero-order valence-corrected chi connectivity index (χ0v) is 14.3. The lowest BCUT2D eigenvalue weighted by molar-refractivity contribution is 0.435. The third-order valence-corrected chi connectivity index (χ3v) is 5.07. The van der Waals surface area contributed by atoms with Crippen LogP contribution in [0.3, 0.4) is 0 Å². The summed E-state index contributed by atoms with van der Waals surface area (Å²) in [5, 5.41) is 0. The second kappa shape index (κ2) is 7.46. The smallest absolute Gasteiger partial charge is 0.0377 e. The average Bonchev–Trinajstić information content (AvgIpc) is 2.64. The Morgan fingerprint density at radius 3 is 2.80 bits per heavy atom. The quantitative estimate of drug-likeness (QED) is 0.847. The van der Waals surface area contributed by atoms with E-state index < -0.39 is 0 Å². The molecular weight excluding hydrogens is 312 g/mol. The van der Waals surface area contributed by atoms with Crippen LogP contribution < -0.4 is 10.6 Å². The van der Waals surface area contributed by atoms with Crippen molar-refractivity contribution in [2.45, 2.75) is 52.0 Å². The number of benzene rings is 1. The molecule has 0 bridgehead atoms. The van der Waals surface area contributed by atoms with Crippen molar-refractivity contribution >= 4 is 21.6 Å². The lowest BCUT2D eigenvalue weighted by Crippen LogP contribution is -2.24. The summed E-state index contributed by atoms with van der Waals surface area (Å²) in [5.41, 5.74) is 8.50. The number of hydrogen-bond donors (Lipinski definition) is 1. The molecule has 1 unspecified atom stereocenters. The van der Waals surface area contributed by atoms with Gasteiger partial charge in [-0.05, 0) is 49.8 Å². The molecule has 1 aromatic rings. The van der Waals surface area contributed by atoms with Gasteiger partial charge in [0, 0.05) is 29.3 Å². The number of nitrogens with two attached hydrogens (primary N) is 1. The van der Waals surface area contributed by atoms with E-state index in [1.54, 1.807) is 0 Å². The molecule has 112 valence electrons. The van der Waals surface area contributed by atoms with Gasteiger partial charge in [-0.15, -0.1) is 0 Å². The third-order valence-electron chi connectivity index (χ3n) is 4.38. The zero-order chi connectivity index (χ0) is 14.5. The van der Waals surface area contributed by atoms with Gasteiger partial charge < -0.3 is 10.6 Å². The summed E-state index contributed by atoms with van der Waals surface area (Å²) in [6.07, 6.45) is 6.75. The molecule has 0 radical (unpaired) electrons. The lowest BCUT2D eigenvalue weighted by atomic mass is 9.96. The molecule has 0 amide bonds. The maximum atomic E-state index is 5.98. The van der Waals surface area contributed by atoms with Gasteiger partial charge in [-0.25, -0.2) is 0 Å². The van der Waals surface area contributed by atoms with Crippen LogP contribution in [-0.2, 0) is 0 Å². The maximum Gasteiger partial charge on any atom is 0.0377 e. The molecule has 2 N–H and O–H groups in total. The molecule has 0 aliphatic carbocycles. The first kappa shape index (κ1) is 15.8. The second-order valence-corrected chi connectivity index (χ2v) is 6.92. The standard InChI is InChI=1S/C17H27BrN2/c1-3-5-14-6-4-10-20(11-9-14)15-7-8-16(13(2)19)17(18)12-15/h7-8,12-14H,3-6,9-11,19H2,1-2H3/t13-,14?/m0/s1. The molecule has 1 heterocycles. The monoisotopic (exact) mass is 338 g/mol. The number of hydrogen-bond acceptors (Lipinski definition) is 2. The summed E-state index contributed by atoms with van der Waals surface area (Å²) >= 11 is 3.66. The molecule has 1 fully saturated rings. The van der Waals surface area contributed by atoms with Gasteiger partial charge in [0.1, 0.15) is 0 Å². The molecule has 1 aliphatic heterocycles. The Labute approximate surface area is 131 Å². The molecule has 0 saturated carbocycles. The van der Waals surface area contributed by atoms with Crippen LogP contribution in [0.2, 0.25) is 0 Å². The third kappa shape index (κ3) is 3.98. The van der Waals surface area contributed by atoms with Crippen molar-refractivity contribution in [1.82, 2.24) is 0 Å². The van der Waals surface area contributed by atoms with Crippen LogP contribution in [0.1, 0.15) is 57.6 Å². The highest BCUT2D eigenvalue weighted by Crippen LogP contribution is 2.30. The minimum atomic E-state index is 0.0801. The minimum absolute atomic E-state index is 0.0801. The predicted molar refractivity (Wildman–Crippen MR) is 91.2 cm³/mol. The van der Waals surface area contributed by atoms with E-state index in [0.29, 0.717) is 0 Å². The summed E-state index contributed by atoms with van der Waals surface area (Å²) in [5.74, 6) is 0.928. The van der Waals surface area contributed by atoms with Crippen molar-refractivity contribution in [1.29, 1.82) is 0 Å².